The van der Waals surface area contributed by atoms with Crippen molar-refractivity contribution in [3.05, 3.63) is 20.8 Å². The summed E-state index contributed by atoms with van der Waals surface area (Å²) in [4.78, 5) is 9.35. The molecule has 0 saturated heterocycles. The van der Waals surface area contributed by atoms with Crippen LogP contribution in [0.3, 0.4) is 0 Å². The molecule has 0 aromatic rings. The predicted octanol–water partition coefficient (Wildman–Crippen LogP) is -5.78. The van der Waals surface area contributed by atoms with E-state index in [2.05, 4.69) is 0 Å². The molecule has 74 valence electrons. The van der Waals surface area contributed by atoms with E-state index in [1.54, 1.807) is 0 Å². The van der Waals surface area contributed by atoms with Gasteiger partial charge in [-0.05, 0) is 20.3 Å². The van der Waals surface area contributed by atoms with Crippen LogP contribution in [0.5, 0.6) is 0 Å². The van der Waals surface area contributed by atoms with E-state index in [4.69, 9.17) is 0 Å². The Morgan fingerprint density at radius 3 is 1.53 bits per heavy atom. The molecule has 0 fully saturated rings. The van der Waals surface area contributed by atoms with E-state index in [0.29, 0.717) is 0 Å². The van der Waals surface area contributed by atoms with E-state index in [9.17, 15) is 25.6 Å². The Bertz CT molecular complexity index is 262. The van der Waals surface area contributed by atoms with Gasteiger partial charge < -0.3 is 20.8 Å². The van der Waals surface area contributed by atoms with Crippen molar-refractivity contribution in [2.45, 2.75) is 19.5 Å². The normalized spacial score (nSPS) is 12.4. The first-order chi connectivity index (χ1) is 5.91. The maximum atomic E-state index is 10.8. The van der Waals surface area contributed by atoms with Crippen molar-refractivity contribution in [3.8, 4) is 0 Å². The van der Waals surface area contributed by atoms with Crippen molar-refractivity contribution in [3.63, 3.8) is 0 Å². The SMILES string of the molecule is CC(=O)C(C)(/[N+]([O-])=N/[O-])/[N+]([O-])=N/[O-].[Na+].[Na+]. The minimum atomic E-state index is -2.52. The summed E-state index contributed by atoms with van der Waals surface area (Å²) in [5.74, 6) is -1.02. The third-order valence-electron chi connectivity index (χ3n) is 1.56. The number of rotatable bonds is 3. The quantitative estimate of drug-likeness (QED) is 0.158. The summed E-state index contributed by atoms with van der Waals surface area (Å²) >= 11 is 0. The zero-order chi connectivity index (χ0) is 10.6. The number of nitrogens with zero attached hydrogens (tertiary/aromatic N) is 4. The summed E-state index contributed by atoms with van der Waals surface area (Å²) < 4.78 is 0. The number of carbonyl (C=O) groups excluding carboxylic acids is 1. The average molecular weight is 236 g/mol. The van der Waals surface area contributed by atoms with Crippen LogP contribution in [-0.4, -0.2) is 21.2 Å². The molecule has 0 aliphatic rings. The van der Waals surface area contributed by atoms with Gasteiger partial charge in [-0.1, -0.05) is 0 Å². The second-order valence-electron chi connectivity index (χ2n) is 2.29. The number of Topliss-reactive ketones (excluding diaryl/α,β-unsaturated/α-hetero) is 1. The van der Waals surface area contributed by atoms with Crippen LogP contribution in [0.1, 0.15) is 13.8 Å². The Kier molecular flexibility index (Phi) is 11.3. The minimum Gasteiger partial charge on any atom is -0.739 e. The van der Waals surface area contributed by atoms with Crippen molar-refractivity contribution in [2.75, 3.05) is 0 Å². The molecule has 0 spiro atoms. The molecule has 0 rings (SSSR count). The van der Waals surface area contributed by atoms with E-state index in [1.807, 2.05) is 10.6 Å². The van der Waals surface area contributed by atoms with Crippen LogP contribution in [-0.2, 0) is 4.79 Å². The van der Waals surface area contributed by atoms with Gasteiger partial charge in [0.1, 0.15) is 0 Å². The van der Waals surface area contributed by atoms with Gasteiger partial charge in [0.25, 0.3) is 5.78 Å². The van der Waals surface area contributed by atoms with Gasteiger partial charge >= 0.3 is 64.8 Å². The monoisotopic (exact) mass is 236 g/mol. The zero-order valence-corrected chi connectivity index (χ0v) is 12.8. The van der Waals surface area contributed by atoms with E-state index >= 15 is 0 Å². The van der Waals surface area contributed by atoms with Crippen molar-refractivity contribution in [2.24, 2.45) is 10.6 Å². The fourth-order valence-electron chi connectivity index (χ4n) is 0.502. The van der Waals surface area contributed by atoms with E-state index in [1.165, 1.54) is 0 Å². The van der Waals surface area contributed by atoms with Crippen LogP contribution in [0.2, 0.25) is 0 Å². The first kappa shape index (κ1) is 20.5. The predicted molar refractivity (Wildman–Crippen MR) is 37.9 cm³/mol. The molecule has 0 unspecified atom stereocenters. The molecule has 0 aliphatic heterocycles. The molecule has 9 nitrogen and oxygen atoms in total. The second-order valence-corrected chi connectivity index (χ2v) is 2.29. The first-order valence-corrected chi connectivity index (χ1v) is 3.03. The van der Waals surface area contributed by atoms with Crippen LogP contribution < -0.4 is 59.1 Å². The number of hydrogen-bond acceptors (Lipinski definition) is 7. The summed E-state index contributed by atoms with van der Waals surface area (Å²) in [6.07, 6.45) is 0. The van der Waals surface area contributed by atoms with E-state index in [0.717, 1.165) is 13.8 Å². The molecular weight excluding hydrogens is 230 g/mol. The van der Waals surface area contributed by atoms with Crippen molar-refractivity contribution >= 4 is 5.78 Å². The maximum absolute atomic E-state index is 10.8. The second kappa shape index (κ2) is 8.25. The molecule has 15 heavy (non-hydrogen) atoms. The Balaban J connectivity index is -0.000000720. The van der Waals surface area contributed by atoms with Gasteiger partial charge in [-0.2, -0.15) is 0 Å². The van der Waals surface area contributed by atoms with E-state index < -0.39 is 21.2 Å². The smallest absolute Gasteiger partial charge is 0.739 e. The van der Waals surface area contributed by atoms with Gasteiger partial charge in [-0.3, -0.25) is 4.79 Å². The molecule has 11 heteroatoms. The summed E-state index contributed by atoms with van der Waals surface area (Å²) in [5, 5.41) is 44.5. The molecule has 0 aromatic heterocycles. The van der Waals surface area contributed by atoms with Crippen LogP contribution in [0.15, 0.2) is 10.6 Å². The fourth-order valence-corrected chi connectivity index (χ4v) is 0.502. The van der Waals surface area contributed by atoms with Crippen LogP contribution in [0.4, 0.5) is 0 Å². The molecule has 0 aliphatic carbocycles. The Hall–Kier alpha value is 0.0700. The van der Waals surface area contributed by atoms with Gasteiger partial charge in [0.15, 0.2) is 0 Å². The molecular formula is C4H6N4Na2O5. The van der Waals surface area contributed by atoms with Gasteiger partial charge in [0, 0.05) is 6.92 Å². The van der Waals surface area contributed by atoms with Crippen LogP contribution in [0.25, 0.3) is 0 Å². The zero-order valence-electron chi connectivity index (χ0n) is 8.83. The number of hydroxylamine groups is 2. The Morgan fingerprint density at radius 2 is 1.40 bits per heavy atom. The first-order valence-electron chi connectivity index (χ1n) is 3.03. The topological polar surface area (TPSA) is 140 Å². The molecule has 0 aromatic carbocycles. The third-order valence-corrected chi connectivity index (χ3v) is 1.56. The molecule has 0 saturated carbocycles. The van der Waals surface area contributed by atoms with Crippen molar-refractivity contribution in [1.29, 1.82) is 0 Å². The van der Waals surface area contributed by atoms with Gasteiger partial charge in [-0.25, -0.2) is 0 Å². The Labute approximate surface area is 129 Å². The van der Waals surface area contributed by atoms with Gasteiger partial charge in [0.05, 0.1) is 6.92 Å². The fraction of sp³-hybridized carbons (Fsp3) is 0.750. The van der Waals surface area contributed by atoms with Crippen molar-refractivity contribution < 1.29 is 73.6 Å². The van der Waals surface area contributed by atoms with Crippen molar-refractivity contribution in [1.82, 2.24) is 0 Å². The summed E-state index contributed by atoms with van der Waals surface area (Å²) in [6.45, 7) is 1.62. The molecule has 0 amide bonds. The van der Waals surface area contributed by atoms with Gasteiger partial charge in [-0.15, -0.1) is 0 Å². The minimum absolute atomic E-state index is 0. The molecule has 0 N–H and O–H groups in total. The third kappa shape index (κ3) is 4.21. The summed E-state index contributed by atoms with van der Waals surface area (Å²) in [7, 11) is 0. The number of hydrogen-bond donors (Lipinski definition) is 0. The van der Waals surface area contributed by atoms with Gasteiger partial charge in [0.2, 0.25) is 0 Å². The molecule has 0 atom stereocenters. The molecule has 0 bridgehead atoms. The average Bonchev–Trinajstić information content (AvgIpc) is 2.13. The van der Waals surface area contributed by atoms with E-state index in [-0.39, 0.29) is 59.1 Å². The largest absolute Gasteiger partial charge is 1.00 e. The van der Waals surface area contributed by atoms with Crippen LogP contribution >= 0.6 is 0 Å². The summed E-state index contributed by atoms with van der Waals surface area (Å²) in [5.41, 5.74) is -2.52. The maximum Gasteiger partial charge on any atom is 1.00 e. The number of ketones is 1. The standard InChI is InChI=1S/C4H8N4O5.2Na/c1-3(9)4(2,7(12)5-10)8(13)6-11;;/h10-11H,1-2H3;;/q;2*+1/p-2/b7-5-,8-6-;;. The molecule has 0 radical (unpaired) electrons. The summed E-state index contributed by atoms with van der Waals surface area (Å²) in [6, 6.07) is 0. The van der Waals surface area contributed by atoms with Crippen LogP contribution in [0, 0.1) is 20.8 Å². The number of carbonyl (C=O) groups is 1. The Morgan fingerprint density at radius 1 is 1.13 bits per heavy atom. The molecule has 0 heterocycles.